The van der Waals surface area contributed by atoms with Crippen molar-refractivity contribution in [3.8, 4) is 22.3 Å². The number of hydrogen-bond acceptors (Lipinski definition) is 2. The van der Waals surface area contributed by atoms with Gasteiger partial charge in [-0.15, -0.1) is 0 Å². The van der Waals surface area contributed by atoms with Crippen LogP contribution in [-0.4, -0.2) is 6.71 Å². The molecule has 2 heterocycles. The maximum absolute atomic E-state index is 2.58. The second-order valence-electron chi connectivity index (χ2n) is 21.6. The fourth-order valence-corrected chi connectivity index (χ4v) is 10.4. The van der Waals surface area contributed by atoms with E-state index in [1.807, 2.05) is 0 Å². The molecule has 3 aliphatic rings. The quantitative estimate of drug-likeness (QED) is 0.164. The van der Waals surface area contributed by atoms with Crippen LogP contribution >= 0.6 is 0 Å². The fraction of sp³-hybridized carbons (Fsp3) is 0.276. The van der Waals surface area contributed by atoms with E-state index in [0.29, 0.717) is 0 Å². The molecule has 0 aromatic heterocycles. The highest BCUT2D eigenvalue weighted by Gasteiger charge is 2.44. The first kappa shape index (κ1) is 39.3. The molecule has 2 nitrogen and oxygen atoms in total. The highest BCUT2D eigenvalue weighted by atomic mass is 15.2. The van der Waals surface area contributed by atoms with Crippen LogP contribution in [0.1, 0.15) is 110 Å². The topological polar surface area (TPSA) is 6.48 Å². The summed E-state index contributed by atoms with van der Waals surface area (Å²) < 4.78 is 0. The maximum Gasteiger partial charge on any atom is 0.252 e. The minimum atomic E-state index is -0.0623. The lowest BCUT2D eigenvalue weighted by Crippen LogP contribution is -2.61. The van der Waals surface area contributed by atoms with Gasteiger partial charge in [0.05, 0.1) is 0 Å². The molecular formula is C58H59BN2. The van der Waals surface area contributed by atoms with Gasteiger partial charge in [-0.05, 0) is 150 Å². The summed E-state index contributed by atoms with van der Waals surface area (Å²) in [4.78, 5) is 5.14. The monoisotopic (exact) mass is 794 g/mol. The van der Waals surface area contributed by atoms with E-state index in [0.717, 1.165) is 0 Å². The number of nitrogens with zero attached hydrogens (tertiary/aromatic N) is 2. The van der Waals surface area contributed by atoms with E-state index in [9.17, 15) is 0 Å². The molecule has 0 saturated carbocycles. The number of hydrogen-bond donors (Lipinski definition) is 0. The molecule has 0 atom stereocenters. The van der Waals surface area contributed by atoms with E-state index in [2.05, 4.69) is 232 Å². The number of rotatable bonds is 3. The van der Waals surface area contributed by atoms with Crippen molar-refractivity contribution in [2.75, 3.05) is 9.80 Å². The average molecular weight is 795 g/mol. The first-order valence-electron chi connectivity index (χ1n) is 22.3. The first-order valence-corrected chi connectivity index (χ1v) is 22.3. The van der Waals surface area contributed by atoms with Gasteiger partial charge >= 0.3 is 0 Å². The van der Waals surface area contributed by atoms with Crippen LogP contribution < -0.4 is 26.2 Å². The molecule has 304 valence electrons. The van der Waals surface area contributed by atoms with Crippen molar-refractivity contribution in [2.45, 2.75) is 105 Å². The van der Waals surface area contributed by atoms with Gasteiger partial charge in [0.2, 0.25) is 0 Å². The minimum Gasteiger partial charge on any atom is -0.311 e. The largest absolute Gasteiger partial charge is 0.311 e. The summed E-state index contributed by atoms with van der Waals surface area (Å²) in [5.41, 5.74) is 24.7. The van der Waals surface area contributed by atoms with Crippen molar-refractivity contribution in [2.24, 2.45) is 0 Å². The third-order valence-corrected chi connectivity index (χ3v) is 14.0. The van der Waals surface area contributed by atoms with Gasteiger partial charge in [0, 0.05) is 39.5 Å². The van der Waals surface area contributed by atoms with Crippen LogP contribution in [0.25, 0.3) is 22.3 Å². The smallest absolute Gasteiger partial charge is 0.252 e. The predicted octanol–water partition coefficient (Wildman–Crippen LogP) is 13.9. The molecule has 0 spiro atoms. The summed E-state index contributed by atoms with van der Waals surface area (Å²) in [6.45, 7) is 28.0. The zero-order chi connectivity index (χ0) is 43.0. The van der Waals surface area contributed by atoms with Gasteiger partial charge in [-0.3, -0.25) is 0 Å². The molecule has 0 saturated heterocycles. The van der Waals surface area contributed by atoms with E-state index in [4.69, 9.17) is 0 Å². The predicted molar refractivity (Wildman–Crippen MR) is 264 cm³/mol. The van der Waals surface area contributed by atoms with E-state index in [1.54, 1.807) is 0 Å². The van der Waals surface area contributed by atoms with E-state index in [-0.39, 0.29) is 28.4 Å². The molecular weight excluding hydrogens is 735 g/mol. The third kappa shape index (κ3) is 6.21. The Kier molecular flexibility index (Phi) is 8.61. The van der Waals surface area contributed by atoms with Gasteiger partial charge in [0.1, 0.15) is 0 Å². The highest BCUT2D eigenvalue weighted by Crippen LogP contribution is 2.51. The summed E-state index contributed by atoms with van der Waals surface area (Å²) in [7, 11) is 0. The van der Waals surface area contributed by atoms with Crippen molar-refractivity contribution in [1.29, 1.82) is 0 Å². The van der Waals surface area contributed by atoms with Crippen LogP contribution in [0.2, 0.25) is 0 Å². The van der Waals surface area contributed by atoms with Gasteiger partial charge in [-0.25, -0.2) is 0 Å². The summed E-state index contributed by atoms with van der Waals surface area (Å²) in [6, 6.07) is 54.2. The van der Waals surface area contributed by atoms with Crippen molar-refractivity contribution in [3.05, 3.63) is 173 Å². The highest BCUT2D eigenvalue weighted by molar-refractivity contribution is 7.00. The van der Waals surface area contributed by atoms with Crippen LogP contribution in [0.15, 0.2) is 140 Å². The zero-order valence-corrected chi connectivity index (χ0v) is 38.3. The second-order valence-corrected chi connectivity index (χ2v) is 21.6. The average Bonchev–Trinajstić information content (AvgIpc) is 3.44. The summed E-state index contributed by atoms with van der Waals surface area (Å²) in [5.74, 6) is 0. The molecule has 10 rings (SSSR count). The molecule has 7 aromatic rings. The molecule has 0 N–H and O–H groups in total. The van der Waals surface area contributed by atoms with Gasteiger partial charge in [-0.2, -0.15) is 0 Å². The van der Waals surface area contributed by atoms with Gasteiger partial charge in [-0.1, -0.05) is 161 Å². The molecule has 0 amide bonds. The lowest BCUT2D eigenvalue weighted by atomic mass is 9.33. The van der Waals surface area contributed by atoms with Crippen molar-refractivity contribution >= 4 is 57.2 Å². The third-order valence-electron chi connectivity index (χ3n) is 14.0. The number of aryl methyl sites for hydroxylation is 1. The molecule has 1 aliphatic carbocycles. The first-order chi connectivity index (χ1) is 28.8. The van der Waals surface area contributed by atoms with Crippen LogP contribution in [-0.2, 0) is 21.7 Å². The Bertz CT molecular complexity index is 2910. The Morgan fingerprint density at radius 1 is 0.426 bits per heavy atom. The van der Waals surface area contributed by atoms with E-state index >= 15 is 0 Å². The normalized spacial score (nSPS) is 14.9. The lowest BCUT2D eigenvalue weighted by molar-refractivity contribution is 0.590. The minimum absolute atomic E-state index is 0.00129. The van der Waals surface area contributed by atoms with Crippen molar-refractivity contribution < 1.29 is 0 Å². The fourth-order valence-electron chi connectivity index (χ4n) is 10.4. The van der Waals surface area contributed by atoms with Gasteiger partial charge in [0.25, 0.3) is 6.71 Å². The van der Waals surface area contributed by atoms with Crippen LogP contribution in [0.5, 0.6) is 0 Å². The molecule has 2 aliphatic heterocycles. The summed E-state index contributed by atoms with van der Waals surface area (Å²) in [5, 5.41) is 0. The Hall–Kier alpha value is -5.80. The Balaban J connectivity index is 1.21. The molecule has 61 heavy (non-hydrogen) atoms. The van der Waals surface area contributed by atoms with Gasteiger partial charge < -0.3 is 9.80 Å². The van der Waals surface area contributed by atoms with Crippen LogP contribution in [0.3, 0.4) is 0 Å². The van der Waals surface area contributed by atoms with Crippen molar-refractivity contribution in [1.82, 2.24) is 0 Å². The Labute approximate surface area is 365 Å². The lowest BCUT2D eigenvalue weighted by Gasteiger charge is -2.45. The molecule has 0 unspecified atom stereocenters. The molecule has 0 fully saturated rings. The number of anilines is 6. The van der Waals surface area contributed by atoms with Crippen molar-refractivity contribution in [3.63, 3.8) is 0 Å². The molecule has 3 heteroatoms. The van der Waals surface area contributed by atoms with E-state index < -0.39 is 0 Å². The maximum atomic E-state index is 2.58. The van der Waals surface area contributed by atoms with Crippen LogP contribution in [0.4, 0.5) is 34.1 Å². The Morgan fingerprint density at radius 3 is 1.54 bits per heavy atom. The molecule has 0 bridgehead atoms. The Morgan fingerprint density at radius 2 is 0.951 bits per heavy atom. The second kappa shape index (κ2) is 13.4. The molecule has 0 radical (unpaired) electrons. The standard InChI is InChI=1S/C58H59BN2/c1-36-30-52-54-53(31-36)61(43-17-15-16-37(32-43)38-20-27-45-44-18-13-14-19-46(44)58(11,12)47(45)33-38)51-35-41(57(8,9)10)24-29-49(51)59(54)48-28-23-40(56(5,6)7)34-50(48)60(52)42-25-21-39(22-26-42)55(2,3)4/h13-35H,1-12H3. The van der Waals surface area contributed by atoms with Gasteiger partial charge in [0.15, 0.2) is 0 Å². The zero-order valence-electron chi connectivity index (χ0n) is 38.3. The number of fused-ring (bicyclic) bond motifs is 7. The van der Waals surface area contributed by atoms with E-state index in [1.165, 1.54) is 106 Å². The summed E-state index contributed by atoms with van der Waals surface area (Å²) in [6.07, 6.45) is 0. The number of benzene rings is 7. The molecule has 7 aromatic carbocycles. The van der Waals surface area contributed by atoms with Crippen LogP contribution in [0, 0.1) is 6.92 Å². The summed E-state index contributed by atoms with van der Waals surface area (Å²) >= 11 is 0. The SMILES string of the molecule is Cc1cc2c3c(c1)N(c1cccc(-c4ccc5c(c4)C(C)(C)c4ccccc4-5)c1)c1cc(C(C)(C)C)ccc1B3c1ccc(C(C)(C)C)cc1N2c1ccc(C(C)(C)C)cc1.